The van der Waals surface area contributed by atoms with Gasteiger partial charge in [-0.15, -0.1) is 0 Å². The SMILES string of the molecule is c1ccc(OC2CCN(CCC3COCc4ccccc43)CC2)cc1. The molecule has 2 aromatic rings. The molecule has 3 nitrogen and oxygen atoms in total. The number of piperidine rings is 1. The first kappa shape index (κ1) is 16.6. The van der Waals surface area contributed by atoms with E-state index in [9.17, 15) is 0 Å². The van der Waals surface area contributed by atoms with Gasteiger partial charge in [0.25, 0.3) is 0 Å². The maximum Gasteiger partial charge on any atom is 0.119 e. The third-order valence-electron chi connectivity index (χ3n) is 5.45. The number of rotatable bonds is 5. The van der Waals surface area contributed by atoms with Crippen molar-refractivity contribution in [2.45, 2.75) is 37.9 Å². The van der Waals surface area contributed by atoms with Gasteiger partial charge < -0.3 is 14.4 Å². The minimum Gasteiger partial charge on any atom is -0.490 e. The third-order valence-corrected chi connectivity index (χ3v) is 5.45. The maximum absolute atomic E-state index is 6.10. The molecule has 0 bridgehead atoms. The smallest absolute Gasteiger partial charge is 0.119 e. The Bertz CT molecular complexity index is 665. The summed E-state index contributed by atoms with van der Waals surface area (Å²) in [5, 5.41) is 0. The number of likely N-dealkylation sites (tertiary alicyclic amines) is 1. The van der Waals surface area contributed by atoms with Gasteiger partial charge in [0, 0.05) is 19.0 Å². The topological polar surface area (TPSA) is 21.7 Å². The number of fused-ring (bicyclic) bond motifs is 1. The fourth-order valence-electron chi connectivity index (χ4n) is 3.98. The van der Waals surface area contributed by atoms with Crippen LogP contribution in [0.15, 0.2) is 54.6 Å². The van der Waals surface area contributed by atoms with Crippen molar-refractivity contribution in [2.75, 3.05) is 26.2 Å². The summed E-state index contributed by atoms with van der Waals surface area (Å²) in [7, 11) is 0. The Morgan fingerprint density at radius 2 is 1.72 bits per heavy atom. The minimum atomic E-state index is 0.359. The summed E-state index contributed by atoms with van der Waals surface area (Å²) in [5.41, 5.74) is 2.87. The zero-order valence-corrected chi connectivity index (χ0v) is 14.8. The molecule has 2 heterocycles. The summed E-state index contributed by atoms with van der Waals surface area (Å²) >= 11 is 0. The third kappa shape index (κ3) is 4.23. The van der Waals surface area contributed by atoms with Gasteiger partial charge in [0.05, 0.1) is 13.2 Å². The normalized spacial score (nSPS) is 21.7. The molecule has 2 aliphatic heterocycles. The Morgan fingerprint density at radius 3 is 2.56 bits per heavy atom. The molecule has 1 saturated heterocycles. The van der Waals surface area contributed by atoms with E-state index >= 15 is 0 Å². The molecule has 2 aliphatic rings. The quantitative estimate of drug-likeness (QED) is 0.815. The molecular weight excluding hydrogens is 310 g/mol. The molecule has 1 unspecified atom stereocenters. The van der Waals surface area contributed by atoms with Crippen LogP contribution in [0.25, 0.3) is 0 Å². The van der Waals surface area contributed by atoms with Gasteiger partial charge in [0.2, 0.25) is 0 Å². The lowest BCUT2D eigenvalue weighted by atomic mass is 9.90. The molecular formula is C22H27NO2. The lowest BCUT2D eigenvalue weighted by molar-refractivity contribution is 0.0748. The van der Waals surface area contributed by atoms with E-state index in [2.05, 4.69) is 29.2 Å². The van der Waals surface area contributed by atoms with Crippen molar-refractivity contribution in [1.29, 1.82) is 0 Å². The summed E-state index contributed by atoms with van der Waals surface area (Å²) in [5.74, 6) is 1.54. The average molecular weight is 337 g/mol. The van der Waals surface area contributed by atoms with E-state index < -0.39 is 0 Å². The highest BCUT2D eigenvalue weighted by Crippen LogP contribution is 2.29. The average Bonchev–Trinajstić information content (AvgIpc) is 2.68. The van der Waals surface area contributed by atoms with Crippen LogP contribution in [0.5, 0.6) is 5.75 Å². The molecule has 2 aromatic carbocycles. The number of benzene rings is 2. The van der Waals surface area contributed by atoms with Crippen LogP contribution in [0, 0.1) is 0 Å². The lowest BCUT2D eigenvalue weighted by Crippen LogP contribution is -2.39. The second-order valence-corrected chi connectivity index (χ2v) is 7.17. The summed E-state index contributed by atoms with van der Waals surface area (Å²) in [6, 6.07) is 19.0. The fraction of sp³-hybridized carbons (Fsp3) is 0.455. The second kappa shape index (κ2) is 8.03. The van der Waals surface area contributed by atoms with Crippen LogP contribution >= 0.6 is 0 Å². The first-order chi connectivity index (χ1) is 12.4. The van der Waals surface area contributed by atoms with Crippen LogP contribution in [0.4, 0.5) is 0 Å². The number of hydrogen-bond acceptors (Lipinski definition) is 3. The Morgan fingerprint density at radius 1 is 0.960 bits per heavy atom. The zero-order valence-electron chi connectivity index (χ0n) is 14.8. The van der Waals surface area contributed by atoms with Gasteiger partial charge in [-0.25, -0.2) is 0 Å². The predicted octanol–water partition coefficient (Wildman–Crippen LogP) is 4.23. The molecule has 0 N–H and O–H groups in total. The summed E-state index contributed by atoms with van der Waals surface area (Å²) < 4.78 is 11.9. The molecule has 0 aliphatic carbocycles. The second-order valence-electron chi connectivity index (χ2n) is 7.17. The van der Waals surface area contributed by atoms with Crippen molar-refractivity contribution in [3.05, 3.63) is 65.7 Å². The highest BCUT2D eigenvalue weighted by atomic mass is 16.5. The monoisotopic (exact) mass is 337 g/mol. The molecule has 3 heteroatoms. The maximum atomic E-state index is 6.10. The van der Waals surface area contributed by atoms with E-state index in [1.54, 1.807) is 0 Å². The van der Waals surface area contributed by atoms with Gasteiger partial charge in [-0.3, -0.25) is 0 Å². The zero-order chi connectivity index (χ0) is 16.9. The van der Waals surface area contributed by atoms with Crippen molar-refractivity contribution in [1.82, 2.24) is 4.90 Å². The van der Waals surface area contributed by atoms with Gasteiger partial charge in [-0.2, -0.15) is 0 Å². The highest BCUT2D eigenvalue weighted by molar-refractivity contribution is 5.31. The molecule has 25 heavy (non-hydrogen) atoms. The highest BCUT2D eigenvalue weighted by Gasteiger charge is 2.24. The van der Waals surface area contributed by atoms with Gasteiger partial charge in [0.15, 0.2) is 0 Å². The van der Waals surface area contributed by atoms with Crippen molar-refractivity contribution in [3.63, 3.8) is 0 Å². The van der Waals surface area contributed by atoms with Crippen LogP contribution in [0.3, 0.4) is 0 Å². The van der Waals surface area contributed by atoms with E-state index in [1.807, 2.05) is 30.3 Å². The van der Waals surface area contributed by atoms with Gasteiger partial charge in [0.1, 0.15) is 11.9 Å². The number of hydrogen-bond donors (Lipinski definition) is 0. The first-order valence-corrected chi connectivity index (χ1v) is 9.48. The van der Waals surface area contributed by atoms with Crippen molar-refractivity contribution < 1.29 is 9.47 Å². The molecule has 0 spiro atoms. The molecule has 0 aromatic heterocycles. The molecule has 0 saturated carbocycles. The fourth-order valence-corrected chi connectivity index (χ4v) is 3.98. The molecule has 0 amide bonds. The van der Waals surface area contributed by atoms with E-state index in [-0.39, 0.29) is 0 Å². The van der Waals surface area contributed by atoms with Gasteiger partial charge in [-0.1, -0.05) is 42.5 Å². The van der Waals surface area contributed by atoms with E-state index in [1.165, 1.54) is 17.5 Å². The van der Waals surface area contributed by atoms with Gasteiger partial charge >= 0.3 is 0 Å². The van der Waals surface area contributed by atoms with Crippen LogP contribution in [0.2, 0.25) is 0 Å². The number of nitrogens with zero attached hydrogens (tertiary/aromatic N) is 1. The molecule has 132 valence electrons. The van der Waals surface area contributed by atoms with E-state index in [0.29, 0.717) is 12.0 Å². The van der Waals surface area contributed by atoms with Crippen LogP contribution in [-0.4, -0.2) is 37.2 Å². The number of ether oxygens (including phenoxy) is 2. The summed E-state index contributed by atoms with van der Waals surface area (Å²) in [6.07, 6.45) is 3.78. The van der Waals surface area contributed by atoms with Crippen molar-refractivity contribution in [3.8, 4) is 5.75 Å². The summed E-state index contributed by atoms with van der Waals surface area (Å²) in [4.78, 5) is 2.59. The molecule has 0 radical (unpaired) electrons. The van der Waals surface area contributed by atoms with Crippen LogP contribution < -0.4 is 4.74 Å². The Balaban J connectivity index is 1.24. The molecule has 1 fully saturated rings. The Kier molecular flexibility index (Phi) is 5.34. The predicted molar refractivity (Wildman–Crippen MR) is 100.0 cm³/mol. The van der Waals surface area contributed by atoms with E-state index in [0.717, 1.165) is 51.4 Å². The van der Waals surface area contributed by atoms with Crippen LogP contribution in [-0.2, 0) is 11.3 Å². The number of para-hydroxylation sites is 1. The van der Waals surface area contributed by atoms with Crippen molar-refractivity contribution >= 4 is 0 Å². The van der Waals surface area contributed by atoms with Gasteiger partial charge in [-0.05, 0) is 49.1 Å². The minimum absolute atomic E-state index is 0.359. The standard InChI is InChI=1S/C22H27NO2/c1-2-7-20(8-3-1)25-21-11-14-23(15-12-21)13-10-19-17-24-16-18-6-4-5-9-22(18)19/h1-9,19,21H,10-17H2. The Labute approximate surface area is 150 Å². The molecule has 1 atom stereocenters. The van der Waals surface area contributed by atoms with Crippen LogP contribution in [0.1, 0.15) is 36.3 Å². The Hall–Kier alpha value is -1.84. The van der Waals surface area contributed by atoms with E-state index in [4.69, 9.17) is 9.47 Å². The first-order valence-electron chi connectivity index (χ1n) is 9.48. The van der Waals surface area contributed by atoms with Crippen molar-refractivity contribution in [2.24, 2.45) is 0 Å². The largest absolute Gasteiger partial charge is 0.490 e. The lowest BCUT2D eigenvalue weighted by Gasteiger charge is -2.34. The summed E-state index contributed by atoms with van der Waals surface area (Å²) in [6.45, 7) is 5.05. The molecule has 4 rings (SSSR count).